The van der Waals surface area contributed by atoms with Crippen LogP contribution in [0.2, 0.25) is 0 Å². The maximum atomic E-state index is 13.1. The van der Waals surface area contributed by atoms with E-state index in [0.29, 0.717) is 36.8 Å². The number of primary amides is 1. The molecule has 2 unspecified atom stereocenters. The third kappa shape index (κ3) is 5.01. The topological polar surface area (TPSA) is 105 Å². The largest absolute Gasteiger partial charge is 0.492 e. The van der Waals surface area contributed by atoms with Gasteiger partial charge in [-0.15, -0.1) is 0 Å². The quantitative estimate of drug-likeness (QED) is 0.643. The fraction of sp³-hybridized carbons (Fsp3) is 0.400. The van der Waals surface area contributed by atoms with Crippen LogP contribution in [0.3, 0.4) is 0 Å². The van der Waals surface area contributed by atoms with Crippen molar-refractivity contribution in [3.8, 4) is 5.75 Å². The summed E-state index contributed by atoms with van der Waals surface area (Å²) >= 11 is 0. The molecular formula is C25H30N4O4. The molecule has 2 aliphatic rings. The number of para-hydroxylation sites is 3. The second-order valence-corrected chi connectivity index (χ2v) is 8.48. The lowest BCUT2D eigenvalue weighted by Crippen LogP contribution is -2.40. The summed E-state index contributed by atoms with van der Waals surface area (Å²) in [4.78, 5) is 41.3. The molecule has 2 aliphatic heterocycles. The Bertz CT molecular complexity index is 1040. The van der Waals surface area contributed by atoms with E-state index in [1.54, 1.807) is 4.90 Å². The zero-order valence-electron chi connectivity index (χ0n) is 18.8. The van der Waals surface area contributed by atoms with Crippen molar-refractivity contribution >= 4 is 29.1 Å². The van der Waals surface area contributed by atoms with Crippen LogP contribution in [0.15, 0.2) is 48.5 Å². The monoisotopic (exact) mass is 450 g/mol. The van der Waals surface area contributed by atoms with Crippen LogP contribution >= 0.6 is 0 Å². The van der Waals surface area contributed by atoms with Gasteiger partial charge in [0, 0.05) is 25.2 Å². The first kappa shape index (κ1) is 22.8. The zero-order valence-corrected chi connectivity index (χ0v) is 18.8. The number of benzene rings is 2. The van der Waals surface area contributed by atoms with Gasteiger partial charge >= 0.3 is 0 Å². The molecule has 8 heteroatoms. The van der Waals surface area contributed by atoms with Gasteiger partial charge in [0.2, 0.25) is 17.7 Å². The molecule has 33 heavy (non-hydrogen) atoms. The van der Waals surface area contributed by atoms with Crippen LogP contribution in [0.5, 0.6) is 5.75 Å². The van der Waals surface area contributed by atoms with E-state index in [1.807, 2.05) is 55.5 Å². The Hall–Kier alpha value is -3.39. The fourth-order valence-electron chi connectivity index (χ4n) is 4.65. The van der Waals surface area contributed by atoms with E-state index in [1.165, 1.54) is 0 Å². The lowest BCUT2D eigenvalue weighted by Gasteiger charge is -2.23. The van der Waals surface area contributed by atoms with E-state index in [9.17, 15) is 14.4 Å². The van der Waals surface area contributed by atoms with Gasteiger partial charge in [0.15, 0.2) is 0 Å². The lowest BCUT2D eigenvalue weighted by molar-refractivity contribution is -0.122. The number of hydrogen-bond donors (Lipinski definition) is 2. The molecule has 0 radical (unpaired) electrons. The molecule has 0 aromatic heterocycles. The van der Waals surface area contributed by atoms with Gasteiger partial charge in [-0.1, -0.05) is 30.3 Å². The summed E-state index contributed by atoms with van der Waals surface area (Å²) in [6, 6.07) is 14.7. The van der Waals surface area contributed by atoms with Crippen LogP contribution in [-0.4, -0.2) is 48.4 Å². The van der Waals surface area contributed by atoms with Crippen molar-refractivity contribution in [3.63, 3.8) is 0 Å². The molecule has 2 aromatic carbocycles. The highest BCUT2D eigenvalue weighted by atomic mass is 16.5. The number of amides is 3. The molecule has 3 amide bonds. The molecule has 174 valence electrons. The van der Waals surface area contributed by atoms with Crippen molar-refractivity contribution in [1.29, 1.82) is 0 Å². The first-order valence-electron chi connectivity index (χ1n) is 11.4. The summed E-state index contributed by atoms with van der Waals surface area (Å²) in [5.74, 6) is -0.442. The fourth-order valence-corrected chi connectivity index (χ4v) is 4.65. The van der Waals surface area contributed by atoms with E-state index < -0.39 is 5.92 Å². The Balaban J connectivity index is 1.45. The number of carbonyl (C=O) groups excluding carboxylic acids is 3. The van der Waals surface area contributed by atoms with E-state index in [-0.39, 0.29) is 30.2 Å². The van der Waals surface area contributed by atoms with Crippen LogP contribution in [0, 0.1) is 5.92 Å². The number of hydrogen-bond acceptors (Lipinski definition) is 5. The van der Waals surface area contributed by atoms with Crippen molar-refractivity contribution in [3.05, 3.63) is 54.1 Å². The van der Waals surface area contributed by atoms with Crippen molar-refractivity contribution in [1.82, 2.24) is 4.90 Å². The Kier molecular flexibility index (Phi) is 6.93. The minimum Gasteiger partial charge on any atom is -0.492 e. The van der Waals surface area contributed by atoms with Gasteiger partial charge in [0.1, 0.15) is 5.75 Å². The van der Waals surface area contributed by atoms with Gasteiger partial charge in [-0.25, -0.2) is 0 Å². The standard InChI is InChI=1S/C25H30N4O4/c1-2-33-22-12-6-5-10-20(22)29-16-18(14-23(29)30)25(32)27-19-9-4-3-8-17(19)15-28-13-7-11-21(28)24(26)31/h3-6,8-10,12,18,21H,2,7,11,13-16H2,1H3,(H2,26,31)(H,27,32). The van der Waals surface area contributed by atoms with Crippen molar-refractivity contribution < 1.29 is 19.1 Å². The van der Waals surface area contributed by atoms with E-state index >= 15 is 0 Å². The van der Waals surface area contributed by atoms with Gasteiger partial charge in [-0.05, 0) is 50.1 Å². The molecule has 2 fully saturated rings. The summed E-state index contributed by atoms with van der Waals surface area (Å²) in [6.45, 7) is 4.01. The highest BCUT2D eigenvalue weighted by Gasteiger charge is 2.36. The molecule has 8 nitrogen and oxygen atoms in total. The highest BCUT2D eigenvalue weighted by molar-refractivity contribution is 6.04. The molecule has 2 saturated heterocycles. The van der Waals surface area contributed by atoms with Crippen molar-refractivity contribution in [2.75, 3.05) is 29.9 Å². The second-order valence-electron chi connectivity index (χ2n) is 8.48. The van der Waals surface area contributed by atoms with Crippen LogP contribution in [0.4, 0.5) is 11.4 Å². The Labute approximate surface area is 193 Å². The summed E-state index contributed by atoms with van der Waals surface area (Å²) in [5.41, 5.74) is 7.85. The number of ether oxygens (including phenoxy) is 1. The minimum absolute atomic E-state index is 0.100. The summed E-state index contributed by atoms with van der Waals surface area (Å²) in [6.07, 6.45) is 1.82. The Morgan fingerprint density at radius 3 is 2.70 bits per heavy atom. The number of likely N-dealkylation sites (tertiary alicyclic amines) is 1. The molecule has 0 saturated carbocycles. The Morgan fingerprint density at radius 1 is 1.15 bits per heavy atom. The second kappa shape index (κ2) is 10.0. The SMILES string of the molecule is CCOc1ccccc1N1CC(C(=O)Nc2ccccc2CN2CCCC2C(N)=O)CC1=O. The third-order valence-corrected chi connectivity index (χ3v) is 6.29. The van der Waals surface area contributed by atoms with Crippen LogP contribution in [0.25, 0.3) is 0 Å². The van der Waals surface area contributed by atoms with Crippen molar-refractivity contribution in [2.45, 2.75) is 38.8 Å². The molecule has 0 bridgehead atoms. The molecule has 0 aliphatic carbocycles. The zero-order chi connectivity index (χ0) is 23.4. The van der Waals surface area contributed by atoms with Gasteiger partial charge < -0.3 is 20.7 Å². The minimum atomic E-state index is -0.467. The number of rotatable bonds is 8. The van der Waals surface area contributed by atoms with Gasteiger partial charge in [0.25, 0.3) is 0 Å². The highest BCUT2D eigenvalue weighted by Crippen LogP contribution is 2.33. The summed E-state index contributed by atoms with van der Waals surface area (Å²) in [5, 5.41) is 3.01. The third-order valence-electron chi connectivity index (χ3n) is 6.29. The maximum absolute atomic E-state index is 13.1. The lowest BCUT2D eigenvalue weighted by atomic mass is 10.1. The molecule has 2 atom stereocenters. The molecule has 4 rings (SSSR count). The number of nitrogens with zero attached hydrogens (tertiary/aromatic N) is 2. The van der Waals surface area contributed by atoms with E-state index in [0.717, 1.165) is 24.9 Å². The first-order valence-corrected chi connectivity index (χ1v) is 11.4. The predicted octanol–water partition coefficient (Wildman–Crippen LogP) is 2.53. The number of anilines is 2. The van der Waals surface area contributed by atoms with Crippen molar-refractivity contribution in [2.24, 2.45) is 11.7 Å². The normalized spacial score (nSPS) is 20.8. The molecular weight excluding hydrogens is 420 g/mol. The summed E-state index contributed by atoms with van der Waals surface area (Å²) in [7, 11) is 0. The number of nitrogens with one attached hydrogen (secondary N) is 1. The van der Waals surface area contributed by atoms with Gasteiger partial charge in [-0.2, -0.15) is 0 Å². The van der Waals surface area contributed by atoms with Crippen LogP contribution in [-0.2, 0) is 20.9 Å². The van der Waals surface area contributed by atoms with Gasteiger partial charge in [0.05, 0.1) is 24.3 Å². The smallest absolute Gasteiger partial charge is 0.234 e. The van der Waals surface area contributed by atoms with E-state index in [2.05, 4.69) is 10.2 Å². The number of carbonyl (C=O) groups is 3. The summed E-state index contributed by atoms with van der Waals surface area (Å²) < 4.78 is 5.66. The molecule has 2 aromatic rings. The van der Waals surface area contributed by atoms with Crippen LogP contribution in [0.1, 0.15) is 31.7 Å². The molecule has 0 spiro atoms. The molecule has 3 N–H and O–H groups in total. The average Bonchev–Trinajstić information content (AvgIpc) is 3.42. The Morgan fingerprint density at radius 2 is 1.91 bits per heavy atom. The van der Waals surface area contributed by atoms with E-state index in [4.69, 9.17) is 10.5 Å². The molecule has 2 heterocycles. The predicted molar refractivity (Wildman–Crippen MR) is 126 cm³/mol. The van der Waals surface area contributed by atoms with Crippen LogP contribution < -0.4 is 20.7 Å². The number of nitrogens with two attached hydrogens (primary N) is 1. The van der Waals surface area contributed by atoms with Gasteiger partial charge in [-0.3, -0.25) is 19.3 Å². The maximum Gasteiger partial charge on any atom is 0.234 e. The average molecular weight is 451 g/mol. The first-order chi connectivity index (χ1) is 16.0.